The first-order valence-corrected chi connectivity index (χ1v) is 9.58. The van der Waals surface area contributed by atoms with Gasteiger partial charge in [0.15, 0.2) is 5.65 Å². The van der Waals surface area contributed by atoms with Gasteiger partial charge in [0, 0.05) is 31.5 Å². The van der Waals surface area contributed by atoms with Crippen LogP contribution in [-0.2, 0) is 23.1 Å². The zero-order valence-corrected chi connectivity index (χ0v) is 16.7. The maximum absolute atomic E-state index is 12.5. The van der Waals surface area contributed by atoms with Gasteiger partial charge in [-0.15, -0.1) is 0 Å². The van der Waals surface area contributed by atoms with Gasteiger partial charge in [-0.25, -0.2) is 4.98 Å². The van der Waals surface area contributed by atoms with Crippen LogP contribution in [0.1, 0.15) is 13.8 Å². The number of aromatic nitrogens is 4. The summed E-state index contributed by atoms with van der Waals surface area (Å²) in [5.41, 5.74) is 1.97. The van der Waals surface area contributed by atoms with Crippen molar-refractivity contribution in [2.75, 3.05) is 23.3 Å². The molecule has 4 rings (SSSR count). The molecule has 0 saturated carbocycles. The van der Waals surface area contributed by atoms with E-state index in [9.17, 15) is 9.59 Å². The van der Waals surface area contributed by atoms with E-state index >= 15 is 0 Å². The summed E-state index contributed by atoms with van der Waals surface area (Å²) >= 11 is 0. The number of amides is 1. The predicted octanol–water partition coefficient (Wildman–Crippen LogP) is 1.38. The highest BCUT2D eigenvalue weighted by Crippen LogP contribution is 2.22. The number of carbonyl (C=O) groups excluding carboxylic acids is 1. The Balaban J connectivity index is 1.42. The Morgan fingerprint density at radius 1 is 1.21 bits per heavy atom. The predicted molar refractivity (Wildman–Crippen MR) is 110 cm³/mol. The lowest BCUT2D eigenvalue weighted by Crippen LogP contribution is -2.45. The fourth-order valence-electron chi connectivity index (χ4n) is 3.68. The zero-order valence-electron chi connectivity index (χ0n) is 16.7. The van der Waals surface area contributed by atoms with E-state index in [-0.39, 0.29) is 30.2 Å². The number of carbonyl (C=O) groups is 1. The monoisotopic (exact) mass is 396 g/mol. The van der Waals surface area contributed by atoms with Crippen molar-refractivity contribution in [1.29, 1.82) is 0 Å². The van der Waals surface area contributed by atoms with Gasteiger partial charge in [0.1, 0.15) is 18.3 Å². The maximum Gasteiger partial charge on any atom is 0.264 e. The summed E-state index contributed by atoms with van der Waals surface area (Å²) < 4.78 is 8.58. The van der Waals surface area contributed by atoms with Crippen molar-refractivity contribution in [1.82, 2.24) is 19.3 Å². The Hall–Kier alpha value is -3.20. The third-order valence-corrected chi connectivity index (χ3v) is 4.97. The molecule has 1 fully saturated rings. The molecule has 2 unspecified atom stereocenters. The lowest BCUT2D eigenvalue weighted by Gasteiger charge is -2.36. The van der Waals surface area contributed by atoms with Crippen molar-refractivity contribution in [2.24, 2.45) is 7.05 Å². The normalized spacial score (nSPS) is 19.5. The molecule has 3 aromatic rings. The molecular weight excluding hydrogens is 372 g/mol. The smallest absolute Gasteiger partial charge is 0.264 e. The molecule has 1 aromatic carbocycles. The number of fused-ring (bicyclic) bond motifs is 1. The number of aryl methyl sites for hydroxylation is 1. The molecule has 1 saturated heterocycles. The molecule has 0 bridgehead atoms. The van der Waals surface area contributed by atoms with Gasteiger partial charge in [-0.05, 0) is 38.1 Å². The minimum atomic E-state index is -0.293. The highest BCUT2D eigenvalue weighted by atomic mass is 16.5. The van der Waals surface area contributed by atoms with Crippen molar-refractivity contribution in [3.8, 4) is 0 Å². The third-order valence-electron chi connectivity index (χ3n) is 4.97. The molecule has 0 radical (unpaired) electrons. The molecule has 1 N–H and O–H groups in total. The fraction of sp³-hybridized carbons (Fsp3) is 0.400. The Kier molecular flexibility index (Phi) is 5.06. The van der Waals surface area contributed by atoms with E-state index in [1.54, 1.807) is 7.05 Å². The van der Waals surface area contributed by atoms with E-state index in [0.29, 0.717) is 16.7 Å². The van der Waals surface area contributed by atoms with Crippen molar-refractivity contribution in [3.05, 3.63) is 47.1 Å². The minimum absolute atomic E-state index is 0.114. The molecule has 0 aliphatic carbocycles. The van der Waals surface area contributed by atoms with Crippen LogP contribution in [0, 0.1) is 0 Å². The number of nitrogens with one attached hydrogen (secondary N) is 1. The third kappa shape index (κ3) is 4.00. The van der Waals surface area contributed by atoms with E-state index in [2.05, 4.69) is 34.1 Å². The Morgan fingerprint density at radius 2 is 1.90 bits per heavy atom. The van der Waals surface area contributed by atoms with Crippen molar-refractivity contribution in [3.63, 3.8) is 0 Å². The molecule has 2 atom stereocenters. The molecule has 2 aromatic heterocycles. The number of rotatable bonds is 4. The number of nitrogens with zero attached hydrogens (tertiary/aromatic N) is 5. The maximum atomic E-state index is 12.5. The highest BCUT2D eigenvalue weighted by molar-refractivity contribution is 5.90. The number of benzene rings is 1. The minimum Gasteiger partial charge on any atom is -0.372 e. The lowest BCUT2D eigenvalue weighted by atomic mass is 10.2. The van der Waals surface area contributed by atoms with Crippen molar-refractivity contribution in [2.45, 2.75) is 32.6 Å². The first-order chi connectivity index (χ1) is 13.9. The van der Waals surface area contributed by atoms with Crippen LogP contribution < -0.4 is 15.8 Å². The van der Waals surface area contributed by atoms with Crippen LogP contribution in [0.25, 0.3) is 11.0 Å². The largest absolute Gasteiger partial charge is 0.372 e. The summed E-state index contributed by atoms with van der Waals surface area (Å²) in [4.78, 5) is 31.4. The zero-order chi connectivity index (χ0) is 20.5. The van der Waals surface area contributed by atoms with Crippen LogP contribution in [0.5, 0.6) is 0 Å². The quantitative estimate of drug-likeness (QED) is 0.716. The Bertz CT molecular complexity index is 1080. The van der Waals surface area contributed by atoms with Gasteiger partial charge in [-0.3, -0.25) is 18.8 Å². The van der Waals surface area contributed by atoms with E-state index in [0.717, 1.165) is 18.8 Å². The molecule has 29 heavy (non-hydrogen) atoms. The molecule has 152 valence electrons. The first-order valence-electron chi connectivity index (χ1n) is 9.58. The van der Waals surface area contributed by atoms with Gasteiger partial charge >= 0.3 is 0 Å². The van der Waals surface area contributed by atoms with Gasteiger partial charge in [-0.2, -0.15) is 5.10 Å². The summed E-state index contributed by atoms with van der Waals surface area (Å²) in [7, 11) is 1.72. The lowest BCUT2D eigenvalue weighted by molar-refractivity contribution is -0.116. The van der Waals surface area contributed by atoms with Gasteiger partial charge in [0.05, 0.1) is 18.4 Å². The van der Waals surface area contributed by atoms with Crippen LogP contribution in [0.2, 0.25) is 0 Å². The SMILES string of the molecule is CC1CN(c2ccc(NC(=O)Cn3cnc4c(cnn4C)c3=O)cc2)CC(C)O1. The molecule has 3 heterocycles. The molecule has 9 nitrogen and oxygen atoms in total. The Labute approximate surface area is 167 Å². The topological polar surface area (TPSA) is 94.3 Å². The van der Waals surface area contributed by atoms with Crippen LogP contribution in [0.4, 0.5) is 11.4 Å². The van der Waals surface area contributed by atoms with Gasteiger partial charge in [0.25, 0.3) is 5.56 Å². The average Bonchev–Trinajstić information content (AvgIpc) is 3.05. The average molecular weight is 396 g/mol. The molecular formula is C20H24N6O3. The second kappa shape index (κ2) is 7.67. The highest BCUT2D eigenvalue weighted by Gasteiger charge is 2.22. The fourth-order valence-corrected chi connectivity index (χ4v) is 3.68. The number of hydrogen-bond donors (Lipinski definition) is 1. The van der Waals surface area contributed by atoms with Crippen LogP contribution in [-0.4, -0.2) is 50.5 Å². The van der Waals surface area contributed by atoms with Gasteiger partial charge in [0.2, 0.25) is 5.91 Å². The second-order valence-electron chi connectivity index (χ2n) is 7.44. The molecule has 0 spiro atoms. The summed E-state index contributed by atoms with van der Waals surface area (Å²) in [5, 5.41) is 7.25. The number of hydrogen-bond acceptors (Lipinski definition) is 6. The first kappa shape index (κ1) is 19.1. The summed E-state index contributed by atoms with van der Waals surface area (Å²) in [5.74, 6) is -0.293. The Morgan fingerprint density at radius 3 is 2.59 bits per heavy atom. The molecule has 1 aliphatic rings. The van der Waals surface area contributed by atoms with Crippen molar-refractivity contribution < 1.29 is 9.53 Å². The second-order valence-corrected chi connectivity index (χ2v) is 7.44. The van der Waals surface area contributed by atoms with Crippen LogP contribution >= 0.6 is 0 Å². The van der Waals surface area contributed by atoms with Gasteiger partial charge < -0.3 is 15.0 Å². The van der Waals surface area contributed by atoms with Crippen LogP contribution in [0.15, 0.2) is 41.6 Å². The van der Waals surface area contributed by atoms with E-state index in [4.69, 9.17) is 4.74 Å². The molecule has 1 amide bonds. The summed E-state index contributed by atoms with van der Waals surface area (Å²) in [6.07, 6.45) is 3.20. The summed E-state index contributed by atoms with van der Waals surface area (Å²) in [6.45, 7) is 5.69. The number of morpholine rings is 1. The van der Waals surface area contributed by atoms with E-state index < -0.39 is 0 Å². The number of anilines is 2. The van der Waals surface area contributed by atoms with E-state index in [1.165, 1.54) is 21.8 Å². The van der Waals surface area contributed by atoms with E-state index in [1.807, 2.05) is 24.3 Å². The molecule has 1 aliphatic heterocycles. The summed E-state index contributed by atoms with van der Waals surface area (Å²) in [6, 6.07) is 7.69. The van der Waals surface area contributed by atoms with Crippen molar-refractivity contribution >= 4 is 28.3 Å². The standard InChI is InChI=1S/C20H24N6O3/c1-13-9-25(10-14(2)29-13)16-6-4-15(5-7-16)23-18(27)11-26-12-21-19-17(20(26)28)8-22-24(19)3/h4-8,12-14H,9-11H2,1-3H3,(H,23,27). The van der Waals surface area contributed by atoms with Crippen LogP contribution in [0.3, 0.4) is 0 Å². The van der Waals surface area contributed by atoms with Gasteiger partial charge in [-0.1, -0.05) is 0 Å². The number of ether oxygens (including phenoxy) is 1. The molecule has 9 heteroatoms.